The quantitative estimate of drug-likeness (QED) is 0.851. The van der Waals surface area contributed by atoms with Crippen LogP contribution in [0.15, 0.2) is 42.5 Å². The van der Waals surface area contributed by atoms with Gasteiger partial charge in [-0.25, -0.2) is 8.78 Å². The minimum absolute atomic E-state index is 0.134. The van der Waals surface area contributed by atoms with Crippen LogP contribution in [0.5, 0.6) is 0 Å². The summed E-state index contributed by atoms with van der Waals surface area (Å²) < 4.78 is 26.3. The molecule has 0 aromatic heterocycles. The van der Waals surface area contributed by atoms with Crippen molar-refractivity contribution in [2.75, 3.05) is 5.73 Å². The molecule has 3 N–H and O–H groups in total. The van der Waals surface area contributed by atoms with Crippen molar-refractivity contribution >= 4 is 11.6 Å². The van der Waals surface area contributed by atoms with Crippen LogP contribution in [-0.2, 0) is 11.2 Å². The molecule has 0 radical (unpaired) electrons. The Morgan fingerprint density at radius 3 is 2.48 bits per heavy atom. The maximum atomic E-state index is 13.5. The van der Waals surface area contributed by atoms with E-state index in [-0.39, 0.29) is 23.9 Å². The molecule has 1 unspecified atom stereocenters. The summed E-state index contributed by atoms with van der Waals surface area (Å²) in [5, 5.41) is 2.77. The predicted octanol–water partition coefficient (Wildman–Crippen LogP) is 2.97. The summed E-state index contributed by atoms with van der Waals surface area (Å²) >= 11 is 0. The first kappa shape index (κ1) is 15.0. The average Bonchev–Trinajstić information content (AvgIpc) is 2.42. The van der Waals surface area contributed by atoms with E-state index in [1.54, 1.807) is 12.1 Å². The van der Waals surface area contributed by atoms with Crippen molar-refractivity contribution < 1.29 is 13.6 Å². The zero-order valence-electron chi connectivity index (χ0n) is 11.6. The van der Waals surface area contributed by atoms with Crippen LogP contribution in [0.2, 0.25) is 0 Å². The average molecular weight is 290 g/mol. The minimum atomic E-state index is -0.717. The van der Waals surface area contributed by atoms with Crippen LogP contribution in [0.25, 0.3) is 0 Å². The number of anilines is 1. The van der Waals surface area contributed by atoms with Gasteiger partial charge in [-0.1, -0.05) is 18.2 Å². The molecule has 21 heavy (non-hydrogen) atoms. The Bertz CT molecular complexity index is 641. The second-order valence-corrected chi connectivity index (χ2v) is 4.87. The van der Waals surface area contributed by atoms with Crippen LogP contribution in [0, 0.1) is 11.6 Å². The van der Waals surface area contributed by atoms with Gasteiger partial charge in [-0.15, -0.1) is 0 Å². The lowest BCUT2D eigenvalue weighted by Crippen LogP contribution is -2.28. The molecule has 2 aromatic carbocycles. The summed E-state index contributed by atoms with van der Waals surface area (Å²) in [5.74, 6) is -1.71. The molecule has 110 valence electrons. The number of nitrogens with one attached hydrogen (secondary N) is 1. The monoisotopic (exact) mass is 290 g/mol. The van der Waals surface area contributed by atoms with E-state index >= 15 is 0 Å². The highest BCUT2D eigenvalue weighted by molar-refractivity contribution is 5.79. The standard InChI is InChI=1S/C16H16F2N2O/c1-10(11-3-6-14(19)7-4-11)20-16(21)8-12-2-5-13(17)9-15(12)18/h2-7,9-10H,8,19H2,1H3,(H,20,21). The van der Waals surface area contributed by atoms with Gasteiger partial charge in [0.15, 0.2) is 0 Å². The van der Waals surface area contributed by atoms with E-state index in [0.29, 0.717) is 5.69 Å². The number of nitrogen functional groups attached to an aromatic ring is 1. The highest BCUT2D eigenvalue weighted by Gasteiger charge is 2.12. The van der Waals surface area contributed by atoms with Crippen LogP contribution in [0.4, 0.5) is 14.5 Å². The van der Waals surface area contributed by atoms with Gasteiger partial charge in [0.2, 0.25) is 5.91 Å². The van der Waals surface area contributed by atoms with E-state index < -0.39 is 11.6 Å². The number of benzene rings is 2. The van der Waals surface area contributed by atoms with Gasteiger partial charge in [-0.05, 0) is 36.2 Å². The summed E-state index contributed by atoms with van der Waals surface area (Å²) in [7, 11) is 0. The maximum absolute atomic E-state index is 13.5. The SMILES string of the molecule is CC(NC(=O)Cc1ccc(F)cc1F)c1ccc(N)cc1. The number of hydrogen-bond donors (Lipinski definition) is 2. The molecule has 0 saturated heterocycles. The zero-order chi connectivity index (χ0) is 15.4. The lowest BCUT2D eigenvalue weighted by molar-refractivity contribution is -0.121. The number of carbonyl (C=O) groups is 1. The Kier molecular flexibility index (Phi) is 4.52. The molecular formula is C16H16F2N2O. The van der Waals surface area contributed by atoms with Crippen molar-refractivity contribution in [1.29, 1.82) is 0 Å². The van der Waals surface area contributed by atoms with Gasteiger partial charge in [0.05, 0.1) is 12.5 Å². The summed E-state index contributed by atoms with van der Waals surface area (Å²) in [6.45, 7) is 1.82. The third kappa shape index (κ3) is 4.02. The second-order valence-electron chi connectivity index (χ2n) is 4.87. The van der Waals surface area contributed by atoms with Crippen molar-refractivity contribution in [3.8, 4) is 0 Å². The molecule has 1 amide bonds. The number of amides is 1. The number of rotatable bonds is 4. The van der Waals surface area contributed by atoms with E-state index in [2.05, 4.69) is 5.32 Å². The summed E-state index contributed by atoms with van der Waals surface area (Å²) in [4.78, 5) is 11.9. The van der Waals surface area contributed by atoms with Gasteiger partial charge >= 0.3 is 0 Å². The van der Waals surface area contributed by atoms with E-state index in [0.717, 1.165) is 17.7 Å². The first-order chi connectivity index (χ1) is 9.95. The zero-order valence-corrected chi connectivity index (χ0v) is 11.6. The van der Waals surface area contributed by atoms with Crippen molar-refractivity contribution in [2.24, 2.45) is 0 Å². The van der Waals surface area contributed by atoms with E-state index in [1.807, 2.05) is 19.1 Å². The summed E-state index contributed by atoms with van der Waals surface area (Å²) in [5.41, 5.74) is 7.31. The fourth-order valence-corrected chi connectivity index (χ4v) is 2.00. The Morgan fingerprint density at radius 2 is 1.86 bits per heavy atom. The number of carbonyl (C=O) groups excluding carboxylic acids is 1. The first-order valence-corrected chi connectivity index (χ1v) is 6.54. The Hall–Kier alpha value is -2.43. The minimum Gasteiger partial charge on any atom is -0.399 e. The third-order valence-electron chi connectivity index (χ3n) is 3.18. The van der Waals surface area contributed by atoms with Crippen LogP contribution in [0.3, 0.4) is 0 Å². The lowest BCUT2D eigenvalue weighted by Gasteiger charge is -2.14. The molecule has 0 fully saturated rings. The predicted molar refractivity (Wildman–Crippen MR) is 77.5 cm³/mol. The fraction of sp³-hybridized carbons (Fsp3) is 0.188. The molecule has 0 aliphatic carbocycles. The van der Waals surface area contributed by atoms with Gasteiger partial charge in [0.25, 0.3) is 0 Å². The van der Waals surface area contributed by atoms with Crippen molar-refractivity contribution in [1.82, 2.24) is 5.32 Å². The highest BCUT2D eigenvalue weighted by atomic mass is 19.1. The van der Waals surface area contributed by atoms with Crippen LogP contribution < -0.4 is 11.1 Å². The normalized spacial score (nSPS) is 12.0. The Morgan fingerprint density at radius 1 is 1.19 bits per heavy atom. The van der Waals surface area contributed by atoms with Crippen molar-refractivity contribution in [2.45, 2.75) is 19.4 Å². The Labute approximate surface area is 121 Å². The molecule has 3 nitrogen and oxygen atoms in total. The summed E-state index contributed by atoms with van der Waals surface area (Å²) in [6.07, 6.45) is -0.134. The molecule has 2 rings (SSSR count). The highest BCUT2D eigenvalue weighted by Crippen LogP contribution is 2.15. The van der Waals surface area contributed by atoms with Crippen LogP contribution in [-0.4, -0.2) is 5.91 Å². The molecule has 1 atom stereocenters. The largest absolute Gasteiger partial charge is 0.399 e. The molecule has 0 bridgehead atoms. The number of nitrogens with two attached hydrogens (primary N) is 1. The first-order valence-electron chi connectivity index (χ1n) is 6.54. The van der Waals surface area contributed by atoms with Gasteiger partial charge in [0, 0.05) is 11.8 Å². The molecule has 5 heteroatoms. The molecule has 2 aromatic rings. The summed E-state index contributed by atoms with van der Waals surface area (Å²) in [6, 6.07) is 10.1. The number of halogens is 2. The molecule has 0 heterocycles. The van der Waals surface area contributed by atoms with E-state index in [4.69, 9.17) is 5.73 Å². The topological polar surface area (TPSA) is 55.1 Å². The molecular weight excluding hydrogens is 274 g/mol. The van der Waals surface area contributed by atoms with E-state index in [9.17, 15) is 13.6 Å². The van der Waals surface area contributed by atoms with Crippen LogP contribution in [0.1, 0.15) is 24.1 Å². The molecule has 0 spiro atoms. The smallest absolute Gasteiger partial charge is 0.225 e. The fourth-order valence-electron chi connectivity index (χ4n) is 2.00. The lowest BCUT2D eigenvalue weighted by atomic mass is 10.1. The van der Waals surface area contributed by atoms with E-state index in [1.165, 1.54) is 6.07 Å². The Balaban J connectivity index is 1.99. The molecule has 0 aliphatic heterocycles. The van der Waals surface area contributed by atoms with Gasteiger partial charge < -0.3 is 11.1 Å². The van der Waals surface area contributed by atoms with Gasteiger partial charge in [-0.3, -0.25) is 4.79 Å². The van der Waals surface area contributed by atoms with Gasteiger partial charge in [0.1, 0.15) is 11.6 Å². The number of hydrogen-bond acceptors (Lipinski definition) is 2. The van der Waals surface area contributed by atoms with Crippen molar-refractivity contribution in [3.63, 3.8) is 0 Å². The van der Waals surface area contributed by atoms with Gasteiger partial charge in [-0.2, -0.15) is 0 Å². The third-order valence-corrected chi connectivity index (χ3v) is 3.18. The second kappa shape index (κ2) is 6.35. The molecule has 0 saturated carbocycles. The molecule has 0 aliphatic rings. The maximum Gasteiger partial charge on any atom is 0.225 e. The van der Waals surface area contributed by atoms with Crippen LogP contribution >= 0.6 is 0 Å². The van der Waals surface area contributed by atoms with Crippen molar-refractivity contribution in [3.05, 3.63) is 65.2 Å².